The van der Waals surface area contributed by atoms with Crippen molar-refractivity contribution in [3.05, 3.63) is 65.7 Å². The third-order valence-corrected chi connectivity index (χ3v) is 4.82. The highest BCUT2D eigenvalue weighted by atomic mass is 16.5. The molecule has 29 heavy (non-hydrogen) atoms. The molecule has 0 radical (unpaired) electrons. The van der Waals surface area contributed by atoms with E-state index in [-0.39, 0.29) is 30.9 Å². The maximum absolute atomic E-state index is 12.7. The molecule has 2 rings (SSSR count). The molecule has 0 bridgehead atoms. The zero-order chi connectivity index (χ0) is 21.2. The summed E-state index contributed by atoms with van der Waals surface area (Å²) in [5.41, 5.74) is 1.96. The second-order valence-electron chi connectivity index (χ2n) is 6.92. The summed E-state index contributed by atoms with van der Waals surface area (Å²) in [6, 6.07) is 17.2. The number of hydrogen-bond acceptors (Lipinski definition) is 4. The molecule has 0 unspecified atom stereocenters. The first-order chi connectivity index (χ1) is 14.0. The Kier molecular flexibility index (Phi) is 8.68. The SMILES string of the molecule is CCN(CC)C(=O)CN(C)CC(=O)N[C@H](c1ccccc1)c1ccc(OC)cc1. The van der Waals surface area contributed by atoms with Gasteiger partial charge >= 0.3 is 0 Å². The first kappa shape index (κ1) is 22.4. The molecular weight excluding hydrogens is 366 g/mol. The van der Waals surface area contributed by atoms with Crippen LogP contribution >= 0.6 is 0 Å². The van der Waals surface area contributed by atoms with Crippen LogP contribution in [-0.4, -0.2) is 62.0 Å². The van der Waals surface area contributed by atoms with E-state index in [0.29, 0.717) is 13.1 Å². The second-order valence-corrected chi connectivity index (χ2v) is 6.92. The number of rotatable bonds is 10. The molecule has 0 fully saturated rings. The summed E-state index contributed by atoms with van der Waals surface area (Å²) in [5.74, 6) is 0.658. The fourth-order valence-electron chi connectivity index (χ4n) is 3.22. The van der Waals surface area contributed by atoms with Crippen LogP contribution in [0.15, 0.2) is 54.6 Å². The molecule has 0 heterocycles. The predicted molar refractivity (Wildman–Crippen MR) is 115 cm³/mol. The lowest BCUT2D eigenvalue weighted by Crippen LogP contribution is -2.43. The Morgan fingerprint density at radius 3 is 2.07 bits per heavy atom. The molecule has 2 aromatic rings. The quantitative estimate of drug-likeness (QED) is 0.670. The molecule has 6 heteroatoms. The molecule has 2 aromatic carbocycles. The summed E-state index contributed by atoms with van der Waals surface area (Å²) >= 11 is 0. The molecule has 1 N–H and O–H groups in total. The van der Waals surface area contributed by atoms with Gasteiger partial charge in [-0.1, -0.05) is 42.5 Å². The minimum atomic E-state index is -0.276. The monoisotopic (exact) mass is 397 g/mol. The van der Waals surface area contributed by atoms with Gasteiger partial charge in [0, 0.05) is 13.1 Å². The highest BCUT2D eigenvalue weighted by Gasteiger charge is 2.19. The number of carbonyl (C=O) groups excluding carboxylic acids is 2. The largest absolute Gasteiger partial charge is 0.497 e. The van der Waals surface area contributed by atoms with E-state index in [1.165, 1.54) is 0 Å². The van der Waals surface area contributed by atoms with Crippen molar-refractivity contribution in [3.8, 4) is 5.75 Å². The van der Waals surface area contributed by atoms with E-state index in [4.69, 9.17) is 4.74 Å². The van der Waals surface area contributed by atoms with Crippen molar-refractivity contribution in [2.75, 3.05) is 40.3 Å². The van der Waals surface area contributed by atoms with Crippen molar-refractivity contribution in [2.45, 2.75) is 19.9 Å². The Hall–Kier alpha value is -2.86. The molecule has 0 aliphatic rings. The molecule has 0 saturated carbocycles. The lowest BCUT2D eigenvalue weighted by Gasteiger charge is -2.24. The lowest BCUT2D eigenvalue weighted by molar-refractivity contribution is -0.132. The van der Waals surface area contributed by atoms with E-state index >= 15 is 0 Å². The zero-order valence-electron chi connectivity index (χ0n) is 17.7. The number of benzene rings is 2. The minimum Gasteiger partial charge on any atom is -0.497 e. The van der Waals surface area contributed by atoms with Crippen LogP contribution in [0.2, 0.25) is 0 Å². The van der Waals surface area contributed by atoms with Crippen molar-refractivity contribution in [1.82, 2.24) is 15.1 Å². The van der Waals surface area contributed by atoms with Crippen LogP contribution in [0.5, 0.6) is 5.75 Å². The number of likely N-dealkylation sites (N-methyl/N-ethyl adjacent to an activating group) is 2. The Balaban J connectivity index is 2.08. The highest BCUT2D eigenvalue weighted by molar-refractivity contribution is 5.81. The molecule has 0 aliphatic carbocycles. The van der Waals surface area contributed by atoms with Crippen LogP contribution < -0.4 is 10.1 Å². The smallest absolute Gasteiger partial charge is 0.236 e. The van der Waals surface area contributed by atoms with Crippen molar-refractivity contribution < 1.29 is 14.3 Å². The number of nitrogens with one attached hydrogen (secondary N) is 1. The molecule has 0 aliphatic heterocycles. The predicted octanol–water partition coefficient (Wildman–Crippen LogP) is 2.70. The standard InChI is InChI=1S/C23H31N3O3/c1-5-26(6-2)22(28)17-25(3)16-21(27)24-23(18-10-8-7-9-11-18)19-12-14-20(29-4)15-13-19/h7-15,23H,5-6,16-17H2,1-4H3,(H,24,27)/t23-/m1/s1. The van der Waals surface area contributed by atoms with E-state index in [1.807, 2.05) is 68.4 Å². The van der Waals surface area contributed by atoms with Crippen molar-refractivity contribution in [2.24, 2.45) is 0 Å². The van der Waals surface area contributed by atoms with Crippen LogP contribution in [0.4, 0.5) is 0 Å². The van der Waals surface area contributed by atoms with Gasteiger partial charge in [-0.05, 0) is 44.2 Å². The number of ether oxygens (including phenoxy) is 1. The fraction of sp³-hybridized carbons (Fsp3) is 0.391. The zero-order valence-corrected chi connectivity index (χ0v) is 17.7. The van der Waals surface area contributed by atoms with E-state index in [0.717, 1.165) is 16.9 Å². The van der Waals surface area contributed by atoms with Gasteiger partial charge in [0.2, 0.25) is 11.8 Å². The third kappa shape index (κ3) is 6.61. The van der Waals surface area contributed by atoms with Crippen LogP contribution in [0.1, 0.15) is 31.0 Å². The maximum atomic E-state index is 12.7. The van der Waals surface area contributed by atoms with Gasteiger partial charge in [-0.3, -0.25) is 14.5 Å². The highest BCUT2D eigenvalue weighted by Crippen LogP contribution is 2.24. The maximum Gasteiger partial charge on any atom is 0.236 e. The number of carbonyl (C=O) groups is 2. The summed E-state index contributed by atoms with van der Waals surface area (Å²) in [5, 5.41) is 3.10. The summed E-state index contributed by atoms with van der Waals surface area (Å²) in [7, 11) is 3.41. The molecule has 1 atom stereocenters. The summed E-state index contributed by atoms with van der Waals surface area (Å²) in [4.78, 5) is 28.5. The molecule has 6 nitrogen and oxygen atoms in total. The van der Waals surface area contributed by atoms with E-state index in [2.05, 4.69) is 5.32 Å². The summed E-state index contributed by atoms with van der Waals surface area (Å²) < 4.78 is 5.23. The molecule has 2 amide bonds. The lowest BCUT2D eigenvalue weighted by atomic mass is 9.98. The second kappa shape index (κ2) is 11.2. The van der Waals surface area contributed by atoms with Gasteiger partial charge in [0.25, 0.3) is 0 Å². The Morgan fingerprint density at radius 1 is 0.931 bits per heavy atom. The van der Waals surface area contributed by atoms with Crippen LogP contribution in [0, 0.1) is 0 Å². The third-order valence-electron chi connectivity index (χ3n) is 4.82. The van der Waals surface area contributed by atoms with Gasteiger partial charge in [-0.15, -0.1) is 0 Å². The van der Waals surface area contributed by atoms with Gasteiger partial charge in [0.05, 0.1) is 26.2 Å². The van der Waals surface area contributed by atoms with Gasteiger partial charge in [-0.25, -0.2) is 0 Å². The van der Waals surface area contributed by atoms with Crippen molar-refractivity contribution in [3.63, 3.8) is 0 Å². The van der Waals surface area contributed by atoms with E-state index in [1.54, 1.807) is 24.0 Å². The topological polar surface area (TPSA) is 61.9 Å². The van der Waals surface area contributed by atoms with Crippen LogP contribution in [0.25, 0.3) is 0 Å². The van der Waals surface area contributed by atoms with Crippen molar-refractivity contribution >= 4 is 11.8 Å². The number of nitrogens with zero attached hydrogens (tertiary/aromatic N) is 2. The molecule has 156 valence electrons. The number of hydrogen-bond donors (Lipinski definition) is 1. The van der Waals surface area contributed by atoms with Gasteiger partial charge in [-0.2, -0.15) is 0 Å². The minimum absolute atomic E-state index is 0.0278. The first-order valence-corrected chi connectivity index (χ1v) is 9.93. The molecule has 0 saturated heterocycles. The Bertz CT molecular complexity index is 774. The van der Waals surface area contributed by atoms with Crippen molar-refractivity contribution in [1.29, 1.82) is 0 Å². The number of methoxy groups -OCH3 is 1. The number of amides is 2. The van der Waals surface area contributed by atoms with Crippen LogP contribution in [0.3, 0.4) is 0 Å². The van der Waals surface area contributed by atoms with Crippen LogP contribution in [-0.2, 0) is 9.59 Å². The summed E-state index contributed by atoms with van der Waals surface area (Å²) in [6.07, 6.45) is 0. The molecular formula is C23H31N3O3. The molecule has 0 spiro atoms. The fourth-order valence-corrected chi connectivity index (χ4v) is 3.22. The van der Waals surface area contributed by atoms with Gasteiger partial charge < -0.3 is 15.0 Å². The average molecular weight is 398 g/mol. The summed E-state index contributed by atoms with van der Waals surface area (Å²) in [6.45, 7) is 5.60. The van der Waals surface area contributed by atoms with Gasteiger partial charge in [0.1, 0.15) is 5.75 Å². The normalized spacial score (nSPS) is 11.8. The van der Waals surface area contributed by atoms with E-state index in [9.17, 15) is 9.59 Å². The Morgan fingerprint density at radius 2 is 1.52 bits per heavy atom. The average Bonchev–Trinajstić information content (AvgIpc) is 2.73. The van der Waals surface area contributed by atoms with E-state index < -0.39 is 0 Å². The first-order valence-electron chi connectivity index (χ1n) is 9.93. The van der Waals surface area contributed by atoms with Gasteiger partial charge in [0.15, 0.2) is 0 Å². The molecule has 0 aromatic heterocycles. The Labute approximate surface area is 173 Å².